The molecule has 186 valence electrons. The molecule has 1 aromatic heterocycles. The molecule has 0 spiro atoms. The van der Waals surface area contributed by atoms with Gasteiger partial charge in [0.1, 0.15) is 11.8 Å². The number of fused-ring (bicyclic) bond motifs is 5. The predicted octanol–water partition coefficient (Wildman–Crippen LogP) is 6.17. The highest BCUT2D eigenvalue weighted by Crippen LogP contribution is 2.66. The van der Waals surface area contributed by atoms with Gasteiger partial charge in [-0.1, -0.05) is 26.3 Å². The summed E-state index contributed by atoms with van der Waals surface area (Å²) in [6.07, 6.45) is 15.6. The number of nitrogens with zero attached hydrogens (tertiary/aromatic N) is 2. The van der Waals surface area contributed by atoms with E-state index in [0.717, 1.165) is 48.9 Å². The standard InChI is InChI=1S/C30H44N2O2/c1-4-21(15-20-5-7-23(17-31)32-18-20)27-9-10-28-26-8-6-22-16-30(33,19-34-3)14-12-24(22)25(26)11-13-29(27,28)2/h5,7,18,21-22,24-28,33H,4,6,8-16,19H2,1-3H3/t21-,22-,24+,25-,26-,27-,28+,29-,30-/m1/s1. The minimum Gasteiger partial charge on any atom is -0.387 e. The summed E-state index contributed by atoms with van der Waals surface area (Å²) in [5.74, 6) is 5.68. The highest BCUT2D eigenvalue weighted by atomic mass is 16.5. The quantitative estimate of drug-likeness (QED) is 0.547. The molecule has 4 heteroatoms. The third-order valence-electron chi connectivity index (χ3n) is 11.1. The van der Waals surface area contributed by atoms with Gasteiger partial charge in [-0.15, -0.1) is 0 Å². The Kier molecular flexibility index (Phi) is 6.81. The van der Waals surface area contributed by atoms with Gasteiger partial charge in [0.05, 0.1) is 12.2 Å². The van der Waals surface area contributed by atoms with E-state index in [1.165, 1.54) is 56.9 Å². The topological polar surface area (TPSA) is 66.1 Å². The van der Waals surface area contributed by atoms with E-state index in [0.29, 0.717) is 29.6 Å². The molecule has 4 saturated carbocycles. The maximum atomic E-state index is 11.0. The van der Waals surface area contributed by atoms with Gasteiger partial charge >= 0.3 is 0 Å². The predicted molar refractivity (Wildman–Crippen MR) is 134 cm³/mol. The zero-order valence-electron chi connectivity index (χ0n) is 21.5. The minimum atomic E-state index is -0.584. The molecule has 1 aromatic rings. The first-order valence-electron chi connectivity index (χ1n) is 14.0. The number of hydrogen-bond acceptors (Lipinski definition) is 4. The molecular formula is C30H44N2O2. The van der Waals surface area contributed by atoms with Gasteiger partial charge in [-0.3, -0.25) is 0 Å². The minimum absolute atomic E-state index is 0.472. The van der Waals surface area contributed by atoms with Crippen molar-refractivity contribution >= 4 is 0 Å². The van der Waals surface area contributed by atoms with Crippen molar-refractivity contribution < 1.29 is 9.84 Å². The number of aromatic nitrogens is 1. The molecule has 0 bridgehead atoms. The summed E-state index contributed by atoms with van der Waals surface area (Å²) in [5, 5.41) is 20.1. The zero-order valence-corrected chi connectivity index (χ0v) is 21.5. The highest BCUT2D eigenvalue weighted by Gasteiger charge is 2.58. The Hall–Kier alpha value is -1.44. The smallest absolute Gasteiger partial charge is 0.140 e. The van der Waals surface area contributed by atoms with Crippen LogP contribution in [0, 0.1) is 58.2 Å². The van der Waals surface area contributed by atoms with E-state index < -0.39 is 5.60 Å². The van der Waals surface area contributed by atoms with Gasteiger partial charge in [0.2, 0.25) is 0 Å². The fourth-order valence-corrected chi connectivity index (χ4v) is 9.66. The average Bonchev–Trinajstić information content (AvgIpc) is 3.19. The van der Waals surface area contributed by atoms with E-state index >= 15 is 0 Å². The van der Waals surface area contributed by atoms with E-state index in [2.05, 4.69) is 31.0 Å². The van der Waals surface area contributed by atoms with E-state index in [1.807, 2.05) is 12.3 Å². The first-order valence-corrected chi connectivity index (χ1v) is 14.0. The summed E-state index contributed by atoms with van der Waals surface area (Å²) in [6, 6.07) is 6.14. The Balaban J connectivity index is 1.29. The Morgan fingerprint density at radius 2 is 1.94 bits per heavy atom. The van der Waals surface area contributed by atoms with E-state index in [4.69, 9.17) is 10.00 Å². The van der Waals surface area contributed by atoms with Crippen LogP contribution in [0.3, 0.4) is 0 Å². The Morgan fingerprint density at radius 3 is 2.65 bits per heavy atom. The number of aliphatic hydroxyl groups is 1. The molecule has 0 saturated heterocycles. The van der Waals surface area contributed by atoms with Crippen LogP contribution in [0.5, 0.6) is 0 Å². The van der Waals surface area contributed by atoms with Gasteiger partial charge < -0.3 is 9.84 Å². The molecule has 0 amide bonds. The van der Waals surface area contributed by atoms with E-state index in [-0.39, 0.29) is 0 Å². The van der Waals surface area contributed by atoms with Crippen molar-refractivity contribution in [2.75, 3.05) is 13.7 Å². The van der Waals surface area contributed by atoms with Crippen LogP contribution in [0.1, 0.15) is 89.3 Å². The van der Waals surface area contributed by atoms with Gasteiger partial charge in [-0.2, -0.15) is 5.26 Å². The lowest BCUT2D eigenvalue weighted by Crippen LogP contribution is -2.52. The normalized spacial score (nSPS) is 42.2. The van der Waals surface area contributed by atoms with Crippen LogP contribution in [0.25, 0.3) is 0 Å². The Labute approximate surface area is 206 Å². The second kappa shape index (κ2) is 9.55. The largest absolute Gasteiger partial charge is 0.387 e. The summed E-state index contributed by atoms with van der Waals surface area (Å²) in [4.78, 5) is 4.34. The zero-order chi connectivity index (χ0) is 23.9. The van der Waals surface area contributed by atoms with Gasteiger partial charge in [-0.25, -0.2) is 4.98 Å². The van der Waals surface area contributed by atoms with Crippen molar-refractivity contribution in [2.24, 2.45) is 46.8 Å². The number of rotatable bonds is 6. The second-order valence-corrected chi connectivity index (χ2v) is 12.6. The molecule has 0 radical (unpaired) electrons. The maximum Gasteiger partial charge on any atom is 0.140 e. The molecule has 4 nitrogen and oxygen atoms in total. The summed E-state index contributed by atoms with van der Waals surface area (Å²) < 4.78 is 5.37. The van der Waals surface area contributed by atoms with E-state index in [1.54, 1.807) is 7.11 Å². The maximum absolute atomic E-state index is 11.0. The number of hydrogen-bond donors (Lipinski definition) is 1. The number of pyridine rings is 1. The molecule has 1 N–H and O–H groups in total. The summed E-state index contributed by atoms with van der Waals surface area (Å²) in [5.41, 5.74) is 1.69. The van der Waals surface area contributed by atoms with Crippen LogP contribution in [0.2, 0.25) is 0 Å². The van der Waals surface area contributed by atoms with Crippen LogP contribution < -0.4 is 0 Å². The Morgan fingerprint density at radius 1 is 1.12 bits per heavy atom. The Bertz CT molecular complexity index is 894. The lowest BCUT2D eigenvalue weighted by molar-refractivity contribution is -0.126. The molecule has 0 aliphatic heterocycles. The van der Waals surface area contributed by atoms with Crippen LogP contribution in [-0.4, -0.2) is 29.4 Å². The molecule has 0 unspecified atom stereocenters. The molecule has 5 rings (SSSR count). The number of methoxy groups -OCH3 is 1. The molecular weight excluding hydrogens is 420 g/mol. The lowest BCUT2D eigenvalue weighted by atomic mass is 9.48. The fourth-order valence-electron chi connectivity index (χ4n) is 9.66. The average molecular weight is 465 g/mol. The molecule has 4 aliphatic rings. The van der Waals surface area contributed by atoms with Gasteiger partial charge in [0, 0.05) is 13.3 Å². The summed E-state index contributed by atoms with van der Waals surface area (Å²) in [6.45, 7) is 5.52. The van der Waals surface area contributed by atoms with Crippen molar-refractivity contribution in [3.63, 3.8) is 0 Å². The van der Waals surface area contributed by atoms with Crippen LogP contribution in [0.4, 0.5) is 0 Å². The summed E-state index contributed by atoms with van der Waals surface area (Å²) in [7, 11) is 1.72. The molecule has 0 aromatic carbocycles. The third kappa shape index (κ3) is 4.22. The molecule has 1 heterocycles. The molecule has 4 aliphatic carbocycles. The first-order chi connectivity index (χ1) is 16.4. The number of nitriles is 1. The van der Waals surface area contributed by atoms with Gasteiger partial charge in [0.15, 0.2) is 0 Å². The van der Waals surface area contributed by atoms with Crippen LogP contribution in [-0.2, 0) is 11.2 Å². The van der Waals surface area contributed by atoms with Crippen molar-refractivity contribution in [3.8, 4) is 6.07 Å². The number of ether oxygens (including phenoxy) is 1. The van der Waals surface area contributed by atoms with Crippen LogP contribution >= 0.6 is 0 Å². The van der Waals surface area contributed by atoms with Gasteiger partial charge in [0.25, 0.3) is 0 Å². The van der Waals surface area contributed by atoms with Crippen molar-refractivity contribution in [2.45, 2.75) is 90.1 Å². The SMILES string of the molecule is CC[C@H](Cc1ccc(C#N)nc1)[C@H]1CC[C@H]2[C@@H]3CC[C@@H]4C[C@@](O)(COC)CC[C@@H]4[C@H]3CC[C@]12C. The van der Waals surface area contributed by atoms with Crippen molar-refractivity contribution in [1.29, 1.82) is 5.26 Å². The van der Waals surface area contributed by atoms with Gasteiger partial charge in [-0.05, 0) is 123 Å². The fraction of sp³-hybridized carbons (Fsp3) is 0.800. The first kappa shape index (κ1) is 24.3. The van der Waals surface area contributed by atoms with Crippen molar-refractivity contribution in [1.82, 2.24) is 4.98 Å². The van der Waals surface area contributed by atoms with Crippen molar-refractivity contribution in [3.05, 3.63) is 29.6 Å². The highest BCUT2D eigenvalue weighted by molar-refractivity contribution is 5.23. The lowest BCUT2D eigenvalue weighted by Gasteiger charge is -2.57. The van der Waals surface area contributed by atoms with Crippen LogP contribution in [0.15, 0.2) is 18.3 Å². The second-order valence-electron chi connectivity index (χ2n) is 12.6. The molecule has 4 fully saturated rings. The monoisotopic (exact) mass is 464 g/mol. The molecule has 34 heavy (non-hydrogen) atoms. The summed E-state index contributed by atoms with van der Waals surface area (Å²) >= 11 is 0. The third-order valence-corrected chi connectivity index (χ3v) is 11.1. The molecule has 9 atom stereocenters. The van der Waals surface area contributed by atoms with E-state index in [9.17, 15) is 5.11 Å².